The molecule has 2 N–H and O–H groups in total. The van der Waals surface area contributed by atoms with E-state index in [9.17, 15) is 4.79 Å². The van der Waals surface area contributed by atoms with Gasteiger partial charge >= 0.3 is 0 Å². The lowest BCUT2D eigenvalue weighted by Crippen LogP contribution is -3.08. The van der Waals surface area contributed by atoms with Gasteiger partial charge in [-0.05, 0) is 12.1 Å². The van der Waals surface area contributed by atoms with E-state index in [1.54, 1.807) is 0 Å². The molecule has 0 aliphatic rings. The number of likely N-dealkylation sites (N-methyl/N-ethyl adjacent to an activating group) is 1. The molecule has 0 saturated heterocycles. The van der Waals surface area contributed by atoms with Gasteiger partial charge in [-0.2, -0.15) is 0 Å². The highest BCUT2D eigenvalue weighted by Gasteiger charge is 2.09. The van der Waals surface area contributed by atoms with Crippen molar-refractivity contribution in [1.82, 2.24) is 5.32 Å². The van der Waals surface area contributed by atoms with Crippen LogP contribution in [0.5, 0.6) is 0 Å². The van der Waals surface area contributed by atoms with Crippen molar-refractivity contribution in [2.45, 2.75) is 6.54 Å². The zero-order valence-electron chi connectivity index (χ0n) is 9.79. The van der Waals surface area contributed by atoms with Crippen LogP contribution >= 0.6 is 11.6 Å². The Kier molecular flexibility index (Phi) is 5.55. The molecule has 1 atom stereocenters. The van der Waals surface area contributed by atoms with Gasteiger partial charge in [0.25, 0.3) is 5.91 Å². The molecule has 0 aromatic heterocycles. The fourth-order valence-electron chi connectivity index (χ4n) is 1.50. The second kappa shape index (κ2) is 6.95. The number of hydrogen-bond acceptors (Lipinski definition) is 1. The summed E-state index contributed by atoms with van der Waals surface area (Å²) in [4.78, 5) is 12.5. The number of benzene rings is 1. The normalized spacial score (nSPS) is 11.6. The predicted octanol–water partition coefficient (Wildman–Crippen LogP) is 0.104. The van der Waals surface area contributed by atoms with Gasteiger partial charge in [-0.25, -0.2) is 0 Å². The van der Waals surface area contributed by atoms with E-state index in [4.69, 9.17) is 18.0 Å². The van der Waals surface area contributed by atoms with Crippen molar-refractivity contribution in [3.8, 4) is 12.3 Å². The number of carbonyl (C=O) groups excluding carboxylic acids is 1. The molecule has 1 aromatic carbocycles. The van der Waals surface area contributed by atoms with Crippen molar-refractivity contribution in [3.05, 3.63) is 34.9 Å². The summed E-state index contributed by atoms with van der Waals surface area (Å²) in [5.41, 5.74) is 1.15. The maximum Gasteiger partial charge on any atom is 0.275 e. The third-order valence-electron chi connectivity index (χ3n) is 2.27. The molecule has 0 aliphatic heterocycles. The van der Waals surface area contributed by atoms with Gasteiger partial charge in [-0.15, -0.1) is 6.42 Å². The number of halogens is 1. The number of amides is 1. The van der Waals surface area contributed by atoms with Crippen molar-refractivity contribution in [1.29, 1.82) is 0 Å². The molecular weight excluding hydrogens is 236 g/mol. The third kappa shape index (κ3) is 5.39. The predicted molar refractivity (Wildman–Crippen MR) is 68.8 cm³/mol. The topological polar surface area (TPSA) is 33.5 Å². The fourth-order valence-corrected chi connectivity index (χ4v) is 1.63. The molecule has 0 spiro atoms. The summed E-state index contributed by atoms with van der Waals surface area (Å²) in [7, 11) is 1.96. The second-order valence-corrected chi connectivity index (χ2v) is 4.35. The first-order valence-electron chi connectivity index (χ1n) is 5.37. The molecule has 0 radical (unpaired) electrons. The summed E-state index contributed by atoms with van der Waals surface area (Å²) in [6, 6.07) is 7.63. The number of terminal acetylenes is 1. The lowest BCUT2D eigenvalue weighted by molar-refractivity contribution is -0.885. The Balaban J connectivity index is 2.39. The Morgan fingerprint density at radius 3 is 2.71 bits per heavy atom. The first-order chi connectivity index (χ1) is 8.11. The highest BCUT2D eigenvalue weighted by molar-refractivity contribution is 6.30. The van der Waals surface area contributed by atoms with Crippen LogP contribution in [-0.2, 0) is 11.3 Å². The van der Waals surface area contributed by atoms with Gasteiger partial charge in [0.15, 0.2) is 6.54 Å². The average Bonchev–Trinajstić information content (AvgIpc) is 2.29. The number of rotatable bonds is 5. The third-order valence-corrected chi connectivity index (χ3v) is 2.52. The Labute approximate surface area is 107 Å². The molecule has 0 saturated carbocycles. The van der Waals surface area contributed by atoms with Crippen LogP contribution < -0.4 is 10.2 Å². The van der Waals surface area contributed by atoms with Crippen LogP contribution in [-0.4, -0.2) is 26.0 Å². The van der Waals surface area contributed by atoms with E-state index < -0.39 is 0 Å². The lowest BCUT2D eigenvalue weighted by atomic mass is 10.2. The van der Waals surface area contributed by atoms with Gasteiger partial charge in [0.1, 0.15) is 6.54 Å². The van der Waals surface area contributed by atoms with Crippen molar-refractivity contribution in [3.63, 3.8) is 0 Å². The maximum absolute atomic E-state index is 11.4. The summed E-state index contributed by atoms with van der Waals surface area (Å²) in [6.45, 7) is 1.47. The largest absolute Gasteiger partial charge is 0.340 e. The minimum absolute atomic E-state index is 0.0330. The zero-order chi connectivity index (χ0) is 12.7. The highest BCUT2D eigenvalue weighted by Crippen LogP contribution is 2.08. The quantitative estimate of drug-likeness (QED) is 0.716. The van der Waals surface area contributed by atoms with E-state index in [0.717, 1.165) is 22.0 Å². The van der Waals surface area contributed by atoms with E-state index in [0.29, 0.717) is 6.54 Å². The highest BCUT2D eigenvalue weighted by atomic mass is 35.5. The van der Waals surface area contributed by atoms with Crippen LogP contribution in [0.4, 0.5) is 0 Å². The minimum atomic E-state index is -0.0330. The van der Waals surface area contributed by atoms with Crippen LogP contribution in [0.2, 0.25) is 5.02 Å². The molecule has 4 heteroatoms. The first kappa shape index (κ1) is 13.6. The van der Waals surface area contributed by atoms with Crippen molar-refractivity contribution in [2.75, 3.05) is 20.1 Å². The van der Waals surface area contributed by atoms with E-state index in [1.807, 2.05) is 31.3 Å². The minimum Gasteiger partial charge on any atom is -0.340 e. The fraction of sp³-hybridized carbons (Fsp3) is 0.308. The molecular formula is C13H16ClN2O+. The number of nitrogens with one attached hydrogen (secondary N) is 2. The van der Waals surface area contributed by atoms with Crippen molar-refractivity contribution < 1.29 is 9.69 Å². The van der Waals surface area contributed by atoms with Gasteiger partial charge in [-0.1, -0.05) is 29.7 Å². The standard InChI is InChI=1S/C13H15ClN2O/c1-3-8-15-13(17)10-16(2)9-11-4-6-12(14)7-5-11/h1,4-7H,8-10H2,2H3,(H,15,17)/p+1. The van der Waals surface area contributed by atoms with Gasteiger partial charge in [0.05, 0.1) is 13.6 Å². The summed E-state index contributed by atoms with van der Waals surface area (Å²) in [5.74, 6) is 2.34. The molecule has 1 rings (SSSR count). The molecule has 0 bridgehead atoms. The van der Waals surface area contributed by atoms with Gasteiger partial charge in [0, 0.05) is 10.6 Å². The summed E-state index contributed by atoms with van der Waals surface area (Å²) in [6.07, 6.45) is 5.06. The van der Waals surface area contributed by atoms with E-state index >= 15 is 0 Å². The Bertz CT molecular complexity index is 408. The van der Waals surface area contributed by atoms with Crippen LogP contribution in [0.3, 0.4) is 0 Å². The Morgan fingerprint density at radius 1 is 1.47 bits per heavy atom. The molecule has 0 fully saturated rings. The van der Waals surface area contributed by atoms with E-state index in [2.05, 4.69) is 11.2 Å². The molecule has 90 valence electrons. The van der Waals surface area contributed by atoms with E-state index in [1.165, 1.54) is 0 Å². The molecule has 1 unspecified atom stereocenters. The van der Waals surface area contributed by atoms with E-state index in [-0.39, 0.29) is 12.5 Å². The maximum atomic E-state index is 11.4. The Morgan fingerprint density at radius 2 is 2.12 bits per heavy atom. The van der Waals surface area contributed by atoms with Gasteiger partial charge in [0.2, 0.25) is 0 Å². The molecule has 1 aromatic rings. The van der Waals surface area contributed by atoms with Crippen LogP contribution in [0, 0.1) is 12.3 Å². The average molecular weight is 252 g/mol. The first-order valence-corrected chi connectivity index (χ1v) is 5.75. The van der Waals surface area contributed by atoms with Crippen molar-refractivity contribution >= 4 is 17.5 Å². The number of quaternary nitrogens is 1. The number of carbonyl (C=O) groups is 1. The Hall–Kier alpha value is -1.50. The zero-order valence-corrected chi connectivity index (χ0v) is 10.6. The summed E-state index contributed by atoms with van der Waals surface area (Å²) in [5, 5.41) is 3.36. The molecule has 1 amide bonds. The van der Waals surface area contributed by atoms with Crippen LogP contribution in [0.1, 0.15) is 5.56 Å². The molecule has 17 heavy (non-hydrogen) atoms. The smallest absolute Gasteiger partial charge is 0.275 e. The second-order valence-electron chi connectivity index (χ2n) is 3.92. The lowest BCUT2D eigenvalue weighted by Gasteiger charge is -2.13. The molecule has 0 heterocycles. The van der Waals surface area contributed by atoms with Crippen LogP contribution in [0.25, 0.3) is 0 Å². The van der Waals surface area contributed by atoms with Gasteiger partial charge < -0.3 is 10.2 Å². The molecule has 0 aliphatic carbocycles. The summed E-state index contributed by atoms with van der Waals surface area (Å²) >= 11 is 5.80. The van der Waals surface area contributed by atoms with Crippen molar-refractivity contribution in [2.24, 2.45) is 0 Å². The summed E-state index contributed by atoms with van der Waals surface area (Å²) < 4.78 is 0. The molecule has 3 nitrogen and oxygen atoms in total. The van der Waals surface area contributed by atoms with Crippen LogP contribution in [0.15, 0.2) is 24.3 Å². The monoisotopic (exact) mass is 251 g/mol. The SMILES string of the molecule is C#CCNC(=O)C[NH+](C)Cc1ccc(Cl)cc1. The number of hydrogen-bond donors (Lipinski definition) is 2. The van der Waals surface area contributed by atoms with Gasteiger partial charge in [-0.3, -0.25) is 4.79 Å².